The molecule has 0 radical (unpaired) electrons. The normalized spacial score (nSPS) is 18.9. The van der Waals surface area contributed by atoms with Crippen LogP contribution in [0.5, 0.6) is 0 Å². The first-order valence-electron chi connectivity index (χ1n) is 11.3. The number of pyridine rings is 1. The van der Waals surface area contributed by atoms with Crippen LogP contribution in [0.15, 0.2) is 53.7 Å². The van der Waals surface area contributed by atoms with Crippen molar-refractivity contribution < 1.29 is 35.7 Å². The van der Waals surface area contributed by atoms with Crippen LogP contribution in [-0.4, -0.2) is 44.4 Å². The summed E-state index contributed by atoms with van der Waals surface area (Å²) in [5.41, 5.74) is -4.69. The number of anilines is 1. The quantitative estimate of drug-likeness (QED) is 0.474. The van der Waals surface area contributed by atoms with Crippen molar-refractivity contribution in [3.8, 4) is 0 Å². The van der Waals surface area contributed by atoms with E-state index in [9.17, 15) is 31.2 Å². The van der Waals surface area contributed by atoms with E-state index in [4.69, 9.17) is 0 Å². The van der Waals surface area contributed by atoms with Crippen molar-refractivity contribution in [1.82, 2.24) is 10.2 Å². The fourth-order valence-corrected chi connectivity index (χ4v) is 5.40. The summed E-state index contributed by atoms with van der Waals surface area (Å²) in [5.74, 6) is -0.574. The Morgan fingerprint density at radius 3 is 2.14 bits per heavy atom. The van der Waals surface area contributed by atoms with Crippen LogP contribution in [0.1, 0.15) is 49.9 Å². The van der Waals surface area contributed by atoms with Gasteiger partial charge in [-0.1, -0.05) is 6.42 Å². The van der Waals surface area contributed by atoms with Gasteiger partial charge < -0.3 is 0 Å². The van der Waals surface area contributed by atoms with Crippen molar-refractivity contribution in [3.05, 3.63) is 54.4 Å². The van der Waals surface area contributed by atoms with Gasteiger partial charge >= 0.3 is 11.5 Å². The van der Waals surface area contributed by atoms with Crippen LogP contribution in [-0.2, 0) is 14.6 Å². The second-order valence-electron chi connectivity index (χ2n) is 8.64. The summed E-state index contributed by atoms with van der Waals surface area (Å²) >= 11 is 0. The Morgan fingerprint density at radius 2 is 1.60 bits per heavy atom. The molecule has 2 aromatic rings. The highest BCUT2D eigenvalue weighted by Crippen LogP contribution is 2.33. The van der Waals surface area contributed by atoms with Crippen LogP contribution in [0.3, 0.4) is 0 Å². The van der Waals surface area contributed by atoms with E-state index in [0.717, 1.165) is 47.6 Å². The smallest absolute Gasteiger partial charge is 0.296 e. The molecule has 188 valence electrons. The molecule has 1 N–H and O–H groups in total. The van der Waals surface area contributed by atoms with Crippen molar-refractivity contribution in [2.75, 3.05) is 18.5 Å². The number of imide groups is 1. The Hall–Kier alpha value is -2.99. The number of nitrogens with one attached hydrogen (secondary N) is 1. The summed E-state index contributed by atoms with van der Waals surface area (Å²) in [4.78, 5) is 27.0. The molecule has 0 spiro atoms. The lowest BCUT2D eigenvalue weighted by atomic mass is 9.95. The van der Waals surface area contributed by atoms with Crippen LogP contribution in [0.25, 0.3) is 0 Å². The third-order valence-corrected chi connectivity index (χ3v) is 7.98. The second-order valence-corrected chi connectivity index (χ2v) is 10.6. The van der Waals surface area contributed by atoms with Crippen LogP contribution in [0.2, 0.25) is 0 Å². The highest BCUT2D eigenvalue weighted by molar-refractivity contribution is 7.92. The summed E-state index contributed by atoms with van der Waals surface area (Å²) in [7, 11) is -3.87. The molecule has 1 saturated carbocycles. The summed E-state index contributed by atoms with van der Waals surface area (Å²) in [5, 5.41) is 3.04. The zero-order valence-corrected chi connectivity index (χ0v) is 19.8. The fraction of sp³-hybridized carbons (Fsp3) is 0.435. The highest BCUT2D eigenvalue weighted by atomic mass is 32.2. The Labute approximate surface area is 201 Å². The Bertz CT molecular complexity index is 1190. The predicted molar refractivity (Wildman–Crippen MR) is 120 cm³/mol. The number of amides is 3. The van der Waals surface area contributed by atoms with E-state index in [2.05, 4.69) is 9.88 Å². The number of benzene rings is 1. The SMILES string of the molecule is CNC(c1cc[n+](C2CCCCC2)cc1)N1CC(=O)N(c2ccc(S(=O)(=O)C(F)(F)F)cc2)C1=O. The van der Waals surface area contributed by atoms with Gasteiger partial charge in [0.2, 0.25) is 0 Å². The van der Waals surface area contributed by atoms with Crippen molar-refractivity contribution in [3.63, 3.8) is 0 Å². The fourth-order valence-electron chi connectivity index (χ4n) is 4.64. The molecule has 1 aromatic carbocycles. The Kier molecular flexibility index (Phi) is 6.87. The molecule has 2 aliphatic rings. The average Bonchev–Trinajstić information content (AvgIpc) is 3.13. The molecule has 1 atom stereocenters. The molecule has 2 heterocycles. The summed E-state index contributed by atoms with van der Waals surface area (Å²) < 4.78 is 63.7. The molecule has 8 nitrogen and oxygen atoms in total. The lowest BCUT2D eigenvalue weighted by Crippen LogP contribution is -2.42. The standard InChI is InChI=1S/C23H26F3N4O4S/c1-27-21(16-11-13-28(14-12-16)17-5-3-2-4-6-17)29-15-20(31)30(22(29)32)18-7-9-19(10-8-18)35(33,34)23(24,25)26/h7-14,17,21,27H,2-6,15H2,1H3/q+1. The average molecular weight is 512 g/mol. The molecule has 4 rings (SSSR count). The Balaban J connectivity index is 1.53. The van der Waals surface area contributed by atoms with Gasteiger partial charge in [0.15, 0.2) is 18.4 Å². The maximum Gasteiger partial charge on any atom is 0.501 e. The number of nitrogens with zero attached hydrogens (tertiary/aromatic N) is 3. The van der Waals surface area contributed by atoms with Gasteiger partial charge in [-0.05, 0) is 44.2 Å². The van der Waals surface area contributed by atoms with Gasteiger partial charge in [-0.2, -0.15) is 13.2 Å². The van der Waals surface area contributed by atoms with Crippen molar-refractivity contribution >= 4 is 27.5 Å². The molecule has 12 heteroatoms. The highest BCUT2D eigenvalue weighted by Gasteiger charge is 2.47. The minimum absolute atomic E-state index is 0.0123. The topological polar surface area (TPSA) is 90.7 Å². The zero-order valence-electron chi connectivity index (χ0n) is 19.0. The lowest BCUT2D eigenvalue weighted by molar-refractivity contribution is -0.725. The minimum Gasteiger partial charge on any atom is -0.296 e. The van der Waals surface area contributed by atoms with Crippen LogP contribution >= 0.6 is 0 Å². The van der Waals surface area contributed by atoms with Crippen LogP contribution in [0, 0.1) is 0 Å². The molecule has 3 amide bonds. The molecule has 1 saturated heterocycles. The molecule has 1 aliphatic heterocycles. The monoisotopic (exact) mass is 511 g/mol. The van der Waals surface area contributed by atoms with Crippen molar-refractivity contribution in [1.29, 1.82) is 0 Å². The molecule has 1 aromatic heterocycles. The van der Waals surface area contributed by atoms with E-state index >= 15 is 0 Å². The predicted octanol–water partition coefficient (Wildman–Crippen LogP) is 3.46. The number of sulfone groups is 1. The largest absolute Gasteiger partial charge is 0.501 e. The first kappa shape index (κ1) is 25.1. The van der Waals surface area contributed by atoms with Gasteiger partial charge in [0.1, 0.15) is 12.7 Å². The van der Waals surface area contributed by atoms with E-state index in [0.29, 0.717) is 6.04 Å². The van der Waals surface area contributed by atoms with Gasteiger partial charge in [0.25, 0.3) is 15.7 Å². The number of urea groups is 1. The van der Waals surface area contributed by atoms with E-state index < -0.39 is 38.3 Å². The molecule has 2 fully saturated rings. The first-order valence-corrected chi connectivity index (χ1v) is 12.8. The molecule has 0 bridgehead atoms. The number of rotatable bonds is 6. The zero-order chi connectivity index (χ0) is 25.4. The number of halogens is 3. The number of alkyl halides is 3. The summed E-state index contributed by atoms with van der Waals surface area (Å²) in [6, 6.07) is 7.07. The van der Waals surface area contributed by atoms with Gasteiger partial charge in [-0.15, -0.1) is 0 Å². The van der Waals surface area contributed by atoms with E-state index in [1.54, 1.807) is 7.05 Å². The van der Waals surface area contributed by atoms with Gasteiger partial charge in [0, 0.05) is 30.5 Å². The van der Waals surface area contributed by atoms with Gasteiger partial charge in [-0.25, -0.2) is 22.7 Å². The number of aromatic nitrogens is 1. The number of hydrogen-bond donors (Lipinski definition) is 1. The van der Waals surface area contributed by atoms with E-state index in [1.807, 2.05) is 24.5 Å². The molecular formula is C23H26F3N4O4S+. The number of carbonyl (C=O) groups is 2. The van der Waals surface area contributed by atoms with Crippen molar-refractivity contribution in [2.45, 2.75) is 54.7 Å². The van der Waals surface area contributed by atoms with Gasteiger partial charge in [-0.3, -0.25) is 15.0 Å². The Morgan fingerprint density at radius 1 is 1.00 bits per heavy atom. The third kappa shape index (κ3) is 4.76. The minimum atomic E-state index is -5.53. The second kappa shape index (κ2) is 9.57. The summed E-state index contributed by atoms with van der Waals surface area (Å²) in [6.45, 7) is -0.246. The number of hydrogen-bond acceptors (Lipinski definition) is 5. The van der Waals surface area contributed by atoms with Crippen LogP contribution < -0.4 is 14.8 Å². The lowest BCUT2D eigenvalue weighted by Gasteiger charge is -2.27. The molecule has 35 heavy (non-hydrogen) atoms. The molecule has 1 unspecified atom stereocenters. The van der Waals surface area contributed by atoms with E-state index in [1.165, 1.54) is 24.2 Å². The molecular weight excluding hydrogens is 485 g/mol. The van der Waals surface area contributed by atoms with Crippen molar-refractivity contribution in [2.24, 2.45) is 0 Å². The third-order valence-electron chi connectivity index (χ3n) is 6.48. The summed E-state index contributed by atoms with van der Waals surface area (Å²) in [6.07, 6.45) is 9.21. The number of carbonyl (C=O) groups excluding carboxylic acids is 2. The van der Waals surface area contributed by atoms with E-state index in [-0.39, 0.29) is 12.2 Å². The molecule has 1 aliphatic carbocycles. The maximum absolute atomic E-state index is 13.1. The van der Waals surface area contributed by atoms with Gasteiger partial charge in [0.05, 0.1) is 10.6 Å². The maximum atomic E-state index is 13.1. The van der Waals surface area contributed by atoms with Crippen LogP contribution in [0.4, 0.5) is 23.7 Å². The first-order chi connectivity index (χ1) is 16.5.